The number of benzene rings is 2. The molecule has 2 unspecified atom stereocenters. The van der Waals surface area contributed by atoms with Gasteiger partial charge in [-0.1, -0.05) is 61.5 Å². The Bertz CT molecular complexity index is 714. The summed E-state index contributed by atoms with van der Waals surface area (Å²) in [5, 5.41) is 6.84. The molecule has 2 atom stereocenters. The van der Waals surface area contributed by atoms with Gasteiger partial charge in [0, 0.05) is 12.6 Å². The van der Waals surface area contributed by atoms with Gasteiger partial charge in [-0.15, -0.1) is 0 Å². The average Bonchev–Trinajstić information content (AvgIpc) is 3.36. The predicted molar refractivity (Wildman–Crippen MR) is 107 cm³/mol. The van der Waals surface area contributed by atoms with E-state index in [1.54, 1.807) is 0 Å². The summed E-state index contributed by atoms with van der Waals surface area (Å²) in [5.41, 5.74) is 3.60. The molecule has 0 spiro atoms. The molecule has 0 aromatic heterocycles. The van der Waals surface area contributed by atoms with Crippen molar-refractivity contribution >= 4 is 5.96 Å². The molecule has 3 rings (SSSR count). The third-order valence-electron chi connectivity index (χ3n) is 4.67. The number of hydrogen-bond acceptors (Lipinski definition) is 2. The first kappa shape index (κ1) is 18.5. The van der Waals surface area contributed by atoms with E-state index >= 15 is 0 Å². The third-order valence-corrected chi connectivity index (χ3v) is 4.67. The minimum Gasteiger partial charge on any atom is -0.372 e. The first-order valence-electron chi connectivity index (χ1n) is 9.49. The largest absolute Gasteiger partial charge is 0.372 e. The molecular weight excluding hydrogens is 322 g/mol. The highest BCUT2D eigenvalue weighted by Crippen LogP contribution is 2.28. The van der Waals surface area contributed by atoms with Gasteiger partial charge in [0.15, 0.2) is 5.96 Å². The van der Waals surface area contributed by atoms with Crippen molar-refractivity contribution in [1.82, 2.24) is 10.6 Å². The fraction of sp³-hybridized carbons (Fsp3) is 0.409. The van der Waals surface area contributed by atoms with Crippen LogP contribution in [0.5, 0.6) is 0 Å². The van der Waals surface area contributed by atoms with Crippen molar-refractivity contribution in [3.8, 4) is 0 Å². The quantitative estimate of drug-likeness (QED) is 0.561. The Kier molecular flexibility index (Phi) is 6.67. The van der Waals surface area contributed by atoms with Gasteiger partial charge < -0.3 is 15.4 Å². The number of hydrogen-bond donors (Lipinski definition) is 2. The van der Waals surface area contributed by atoms with Crippen LogP contribution in [0.25, 0.3) is 0 Å². The maximum Gasteiger partial charge on any atom is 0.191 e. The second-order valence-electron chi connectivity index (χ2n) is 6.91. The zero-order valence-corrected chi connectivity index (χ0v) is 15.7. The van der Waals surface area contributed by atoms with Crippen LogP contribution in [0.2, 0.25) is 0 Å². The second-order valence-corrected chi connectivity index (χ2v) is 6.91. The zero-order chi connectivity index (χ0) is 18.2. The molecule has 1 aliphatic carbocycles. The lowest BCUT2D eigenvalue weighted by Gasteiger charge is -2.12. The summed E-state index contributed by atoms with van der Waals surface area (Å²) in [6.07, 6.45) is 1.23. The molecule has 2 aromatic rings. The van der Waals surface area contributed by atoms with Gasteiger partial charge in [-0.3, -0.25) is 0 Å². The molecule has 0 heterocycles. The van der Waals surface area contributed by atoms with Crippen LogP contribution < -0.4 is 10.6 Å². The van der Waals surface area contributed by atoms with Crippen molar-refractivity contribution in [1.29, 1.82) is 0 Å². The van der Waals surface area contributed by atoms with Crippen LogP contribution in [0.15, 0.2) is 59.6 Å². The number of nitrogens with one attached hydrogen (secondary N) is 2. The topological polar surface area (TPSA) is 45.7 Å². The Morgan fingerprint density at radius 3 is 2.42 bits per heavy atom. The molecule has 2 N–H and O–H groups in total. The van der Waals surface area contributed by atoms with Gasteiger partial charge in [-0.05, 0) is 36.0 Å². The zero-order valence-electron chi connectivity index (χ0n) is 15.7. The summed E-state index contributed by atoms with van der Waals surface area (Å²) in [4.78, 5) is 4.76. The van der Waals surface area contributed by atoms with E-state index in [4.69, 9.17) is 9.73 Å². The van der Waals surface area contributed by atoms with E-state index in [1.165, 1.54) is 23.1 Å². The Morgan fingerprint density at radius 2 is 1.73 bits per heavy atom. The molecule has 0 amide bonds. The summed E-state index contributed by atoms with van der Waals surface area (Å²) < 4.78 is 5.91. The molecule has 1 fully saturated rings. The first-order chi connectivity index (χ1) is 12.8. The SMILES string of the molecule is CCNC(=NCc1ccccc1COCc1ccccc1)NC1CC1C. The Balaban J connectivity index is 1.57. The lowest BCUT2D eigenvalue weighted by molar-refractivity contribution is 0.106. The number of nitrogens with zero attached hydrogens (tertiary/aromatic N) is 1. The monoisotopic (exact) mass is 351 g/mol. The van der Waals surface area contributed by atoms with Gasteiger partial charge >= 0.3 is 0 Å². The Hall–Kier alpha value is -2.33. The lowest BCUT2D eigenvalue weighted by Crippen LogP contribution is -2.39. The normalized spacial score (nSPS) is 19.2. The summed E-state index contributed by atoms with van der Waals surface area (Å²) in [5.74, 6) is 1.65. The van der Waals surface area contributed by atoms with Crippen LogP contribution in [0.3, 0.4) is 0 Å². The fourth-order valence-corrected chi connectivity index (χ4v) is 2.89. The molecule has 26 heavy (non-hydrogen) atoms. The van der Waals surface area contributed by atoms with Crippen molar-refractivity contribution in [3.63, 3.8) is 0 Å². The molecule has 2 aromatic carbocycles. The number of ether oxygens (including phenoxy) is 1. The van der Waals surface area contributed by atoms with Crippen molar-refractivity contribution in [3.05, 3.63) is 71.3 Å². The summed E-state index contributed by atoms with van der Waals surface area (Å²) in [6.45, 7) is 7.11. The smallest absolute Gasteiger partial charge is 0.191 e. The number of aliphatic imine (C=N–C) groups is 1. The molecule has 1 saturated carbocycles. The highest BCUT2D eigenvalue weighted by molar-refractivity contribution is 5.80. The van der Waals surface area contributed by atoms with Crippen molar-refractivity contribution in [2.24, 2.45) is 10.9 Å². The number of guanidine groups is 1. The maximum atomic E-state index is 5.91. The fourth-order valence-electron chi connectivity index (χ4n) is 2.89. The lowest BCUT2D eigenvalue weighted by atomic mass is 10.1. The van der Waals surface area contributed by atoms with E-state index in [0.717, 1.165) is 18.4 Å². The van der Waals surface area contributed by atoms with Crippen LogP contribution in [0.4, 0.5) is 0 Å². The second kappa shape index (κ2) is 9.39. The highest BCUT2D eigenvalue weighted by atomic mass is 16.5. The molecule has 4 nitrogen and oxygen atoms in total. The van der Waals surface area contributed by atoms with Crippen molar-refractivity contribution in [2.45, 2.75) is 46.1 Å². The van der Waals surface area contributed by atoms with Gasteiger partial charge in [0.1, 0.15) is 0 Å². The molecule has 0 saturated heterocycles. The van der Waals surface area contributed by atoms with Gasteiger partial charge in [0.25, 0.3) is 0 Å². The predicted octanol–water partition coefficient (Wildman–Crippen LogP) is 3.87. The van der Waals surface area contributed by atoms with Crippen LogP contribution in [0.1, 0.15) is 37.0 Å². The highest BCUT2D eigenvalue weighted by Gasteiger charge is 2.33. The maximum absolute atomic E-state index is 5.91. The first-order valence-corrected chi connectivity index (χ1v) is 9.49. The Labute approximate surface area is 156 Å². The molecule has 0 radical (unpaired) electrons. The summed E-state index contributed by atoms with van der Waals surface area (Å²) in [7, 11) is 0. The summed E-state index contributed by atoms with van der Waals surface area (Å²) in [6, 6.07) is 19.2. The van der Waals surface area contributed by atoms with Gasteiger partial charge in [0.05, 0.1) is 19.8 Å². The minimum absolute atomic E-state index is 0.567. The van der Waals surface area contributed by atoms with E-state index in [2.05, 4.69) is 60.9 Å². The van der Waals surface area contributed by atoms with E-state index < -0.39 is 0 Å². The molecule has 0 aliphatic heterocycles. The molecule has 4 heteroatoms. The third kappa shape index (κ3) is 5.60. The van der Waals surface area contributed by atoms with Crippen molar-refractivity contribution in [2.75, 3.05) is 6.54 Å². The van der Waals surface area contributed by atoms with E-state index in [9.17, 15) is 0 Å². The molecule has 0 bridgehead atoms. The van der Waals surface area contributed by atoms with Gasteiger partial charge in [-0.2, -0.15) is 0 Å². The van der Waals surface area contributed by atoms with Crippen molar-refractivity contribution < 1.29 is 4.74 Å². The van der Waals surface area contributed by atoms with Crippen LogP contribution in [-0.2, 0) is 24.5 Å². The standard InChI is InChI=1S/C22H29N3O/c1-3-23-22(25-21-13-17(21)2)24-14-19-11-7-8-12-20(19)16-26-15-18-9-5-4-6-10-18/h4-12,17,21H,3,13-16H2,1-2H3,(H2,23,24,25). The molecule has 138 valence electrons. The van der Waals surface area contributed by atoms with E-state index in [1.807, 2.05) is 18.2 Å². The summed E-state index contributed by atoms with van der Waals surface area (Å²) >= 11 is 0. The minimum atomic E-state index is 0.567. The van der Waals surface area contributed by atoms with Crippen LogP contribution >= 0.6 is 0 Å². The van der Waals surface area contributed by atoms with Crippen LogP contribution in [0, 0.1) is 5.92 Å². The molecule has 1 aliphatic rings. The van der Waals surface area contributed by atoms with Crippen LogP contribution in [-0.4, -0.2) is 18.5 Å². The van der Waals surface area contributed by atoms with Gasteiger partial charge in [-0.25, -0.2) is 4.99 Å². The average molecular weight is 351 g/mol. The Morgan fingerprint density at radius 1 is 1.04 bits per heavy atom. The number of rotatable bonds is 8. The molecular formula is C22H29N3O. The van der Waals surface area contributed by atoms with E-state index in [0.29, 0.717) is 25.8 Å². The van der Waals surface area contributed by atoms with E-state index in [-0.39, 0.29) is 0 Å². The van der Waals surface area contributed by atoms with Gasteiger partial charge in [0.2, 0.25) is 0 Å².